The van der Waals surface area contributed by atoms with Crippen molar-refractivity contribution >= 4 is 27.3 Å². The number of aliphatic hydroxyl groups excluding tert-OH is 1. The van der Waals surface area contributed by atoms with Gasteiger partial charge in [0.2, 0.25) is 0 Å². The lowest BCUT2D eigenvalue weighted by Gasteiger charge is -2.08. The van der Waals surface area contributed by atoms with Crippen molar-refractivity contribution in [3.05, 3.63) is 38.3 Å². The predicted molar refractivity (Wildman–Crippen MR) is 68.6 cm³/mol. The molecular formula is C11H13BrN2OS. The van der Waals surface area contributed by atoms with Crippen molar-refractivity contribution in [2.24, 2.45) is 7.05 Å². The summed E-state index contributed by atoms with van der Waals surface area (Å²) < 4.78 is 2.85. The van der Waals surface area contributed by atoms with E-state index < -0.39 is 6.10 Å². The third kappa shape index (κ3) is 2.36. The SMILES string of the molecule is Cc1c(C(O)Cc2cc(Br)cs2)cnn1C. The lowest BCUT2D eigenvalue weighted by atomic mass is 10.1. The van der Waals surface area contributed by atoms with Gasteiger partial charge in [0, 0.05) is 39.5 Å². The Balaban J connectivity index is 2.14. The van der Waals surface area contributed by atoms with Gasteiger partial charge in [0.15, 0.2) is 0 Å². The summed E-state index contributed by atoms with van der Waals surface area (Å²) in [5.41, 5.74) is 1.93. The summed E-state index contributed by atoms with van der Waals surface area (Å²) in [6.45, 7) is 1.97. The number of aliphatic hydroxyl groups is 1. The van der Waals surface area contributed by atoms with Crippen molar-refractivity contribution in [1.82, 2.24) is 9.78 Å². The topological polar surface area (TPSA) is 38.1 Å². The summed E-state index contributed by atoms with van der Waals surface area (Å²) in [6.07, 6.45) is 1.91. The molecule has 0 radical (unpaired) electrons. The summed E-state index contributed by atoms with van der Waals surface area (Å²) in [6, 6.07) is 2.04. The number of thiophene rings is 1. The molecule has 2 aromatic rings. The molecule has 0 aromatic carbocycles. The van der Waals surface area contributed by atoms with E-state index >= 15 is 0 Å². The molecule has 0 aliphatic heterocycles. The molecule has 86 valence electrons. The number of hydrogen-bond donors (Lipinski definition) is 1. The third-order valence-electron chi connectivity index (χ3n) is 2.65. The van der Waals surface area contributed by atoms with E-state index in [0.29, 0.717) is 6.42 Å². The second-order valence-corrected chi connectivity index (χ2v) is 5.67. The second kappa shape index (κ2) is 4.69. The summed E-state index contributed by atoms with van der Waals surface area (Å²) in [4.78, 5) is 1.17. The van der Waals surface area contributed by atoms with Crippen LogP contribution < -0.4 is 0 Å². The molecule has 2 rings (SSSR count). The largest absolute Gasteiger partial charge is 0.388 e. The minimum absolute atomic E-state index is 0.473. The highest BCUT2D eigenvalue weighted by molar-refractivity contribution is 9.10. The van der Waals surface area contributed by atoms with Gasteiger partial charge in [0.25, 0.3) is 0 Å². The molecule has 2 aromatic heterocycles. The Hall–Kier alpha value is -0.650. The normalized spacial score (nSPS) is 13.0. The molecule has 0 fully saturated rings. The van der Waals surface area contributed by atoms with Gasteiger partial charge in [-0.15, -0.1) is 11.3 Å². The van der Waals surface area contributed by atoms with E-state index in [1.54, 1.807) is 22.2 Å². The Bertz CT molecular complexity index is 492. The molecular weight excluding hydrogens is 288 g/mol. The van der Waals surface area contributed by atoms with Gasteiger partial charge in [-0.2, -0.15) is 5.10 Å². The van der Waals surface area contributed by atoms with E-state index in [9.17, 15) is 5.11 Å². The molecule has 16 heavy (non-hydrogen) atoms. The quantitative estimate of drug-likeness (QED) is 0.946. The van der Waals surface area contributed by atoms with E-state index in [4.69, 9.17) is 0 Å². The highest BCUT2D eigenvalue weighted by atomic mass is 79.9. The van der Waals surface area contributed by atoms with Gasteiger partial charge in [-0.1, -0.05) is 0 Å². The number of aromatic nitrogens is 2. The zero-order valence-electron chi connectivity index (χ0n) is 9.14. The summed E-state index contributed by atoms with van der Waals surface area (Å²) in [7, 11) is 1.88. The molecule has 0 aliphatic rings. The maximum Gasteiger partial charge on any atom is 0.0871 e. The van der Waals surface area contributed by atoms with Crippen LogP contribution in [0, 0.1) is 6.92 Å². The molecule has 0 saturated carbocycles. The number of hydrogen-bond acceptors (Lipinski definition) is 3. The maximum absolute atomic E-state index is 10.1. The average Bonchev–Trinajstić information content (AvgIpc) is 2.76. The molecule has 3 nitrogen and oxygen atoms in total. The summed E-state index contributed by atoms with van der Waals surface area (Å²) >= 11 is 5.06. The van der Waals surface area contributed by atoms with Gasteiger partial charge in [-0.05, 0) is 28.9 Å². The van der Waals surface area contributed by atoms with Gasteiger partial charge < -0.3 is 5.11 Å². The smallest absolute Gasteiger partial charge is 0.0871 e. The molecule has 0 saturated heterocycles. The Kier molecular flexibility index (Phi) is 3.47. The van der Waals surface area contributed by atoms with Crippen LogP contribution in [0.1, 0.15) is 22.2 Å². The van der Waals surface area contributed by atoms with Gasteiger partial charge in [-0.25, -0.2) is 0 Å². The minimum atomic E-state index is -0.473. The zero-order valence-corrected chi connectivity index (χ0v) is 11.5. The van der Waals surface area contributed by atoms with Crippen LogP contribution in [0.15, 0.2) is 22.1 Å². The molecule has 1 unspecified atom stereocenters. The summed E-state index contributed by atoms with van der Waals surface area (Å²) in [5, 5.41) is 16.3. The molecule has 5 heteroatoms. The van der Waals surface area contributed by atoms with Gasteiger partial charge >= 0.3 is 0 Å². The van der Waals surface area contributed by atoms with E-state index in [0.717, 1.165) is 15.7 Å². The highest BCUT2D eigenvalue weighted by Gasteiger charge is 2.15. The van der Waals surface area contributed by atoms with Crippen LogP contribution in [0.4, 0.5) is 0 Å². The van der Waals surface area contributed by atoms with Crippen LogP contribution in [0.25, 0.3) is 0 Å². The molecule has 2 heterocycles. The lowest BCUT2D eigenvalue weighted by Crippen LogP contribution is -2.02. The maximum atomic E-state index is 10.1. The number of aryl methyl sites for hydroxylation is 1. The Morgan fingerprint density at radius 3 is 2.88 bits per heavy atom. The second-order valence-electron chi connectivity index (χ2n) is 3.76. The first-order chi connectivity index (χ1) is 7.58. The molecule has 0 aliphatic carbocycles. The van der Waals surface area contributed by atoms with E-state index in [1.807, 2.05) is 25.4 Å². The third-order valence-corrected chi connectivity index (χ3v) is 4.37. The summed E-state index contributed by atoms with van der Waals surface area (Å²) in [5.74, 6) is 0. The van der Waals surface area contributed by atoms with Crippen molar-refractivity contribution < 1.29 is 5.11 Å². The fraction of sp³-hybridized carbons (Fsp3) is 0.364. The van der Waals surface area contributed by atoms with E-state index in [1.165, 1.54) is 4.88 Å². The van der Waals surface area contributed by atoms with Crippen molar-refractivity contribution in [2.45, 2.75) is 19.4 Å². The Labute approximate surface area is 107 Å². The Morgan fingerprint density at radius 1 is 1.62 bits per heavy atom. The van der Waals surface area contributed by atoms with Crippen molar-refractivity contribution in [3.63, 3.8) is 0 Å². The average molecular weight is 301 g/mol. The highest BCUT2D eigenvalue weighted by Crippen LogP contribution is 2.26. The molecule has 0 bridgehead atoms. The van der Waals surface area contributed by atoms with Crippen LogP contribution in [-0.2, 0) is 13.5 Å². The first-order valence-corrected chi connectivity index (χ1v) is 6.64. The Morgan fingerprint density at radius 2 is 2.38 bits per heavy atom. The lowest BCUT2D eigenvalue weighted by molar-refractivity contribution is 0.178. The van der Waals surface area contributed by atoms with Crippen LogP contribution >= 0.6 is 27.3 Å². The monoisotopic (exact) mass is 300 g/mol. The van der Waals surface area contributed by atoms with Gasteiger partial charge in [0.05, 0.1) is 12.3 Å². The zero-order chi connectivity index (χ0) is 11.7. The van der Waals surface area contributed by atoms with E-state index in [-0.39, 0.29) is 0 Å². The van der Waals surface area contributed by atoms with E-state index in [2.05, 4.69) is 21.0 Å². The van der Waals surface area contributed by atoms with Crippen LogP contribution in [-0.4, -0.2) is 14.9 Å². The van der Waals surface area contributed by atoms with Gasteiger partial charge in [0.1, 0.15) is 0 Å². The first-order valence-electron chi connectivity index (χ1n) is 4.97. The predicted octanol–water partition coefficient (Wildman–Crippen LogP) is 2.83. The minimum Gasteiger partial charge on any atom is -0.388 e. The molecule has 0 amide bonds. The van der Waals surface area contributed by atoms with Crippen LogP contribution in [0.3, 0.4) is 0 Å². The molecule has 1 atom stereocenters. The van der Waals surface area contributed by atoms with Gasteiger partial charge in [-0.3, -0.25) is 4.68 Å². The van der Waals surface area contributed by atoms with Crippen LogP contribution in [0.5, 0.6) is 0 Å². The molecule has 1 N–H and O–H groups in total. The first kappa shape index (κ1) is 11.8. The molecule has 0 spiro atoms. The number of nitrogens with zero attached hydrogens (tertiary/aromatic N) is 2. The number of rotatable bonds is 3. The van der Waals surface area contributed by atoms with Crippen molar-refractivity contribution in [1.29, 1.82) is 0 Å². The standard InChI is InChI=1S/C11H13BrN2OS/c1-7-10(5-13-14(7)2)11(15)4-9-3-8(12)6-16-9/h3,5-6,11,15H,4H2,1-2H3. The van der Waals surface area contributed by atoms with Crippen molar-refractivity contribution in [2.75, 3.05) is 0 Å². The van der Waals surface area contributed by atoms with Crippen molar-refractivity contribution in [3.8, 4) is 0 Å². The fourth-order valence-electron chi connectivity index (χ4n) is 1.60. The van der Waals surface area contributed by atoms with Crippen LogP contribution in [0.2, 0.25) is 0 Å². The number of halogens is 1. The fourth-order valence-corrected chi connectivity index (χ4v) is 3.09.